The van der Waals surface area contributed by atoms with Crippen molar-refractivity contribution >= 4 is 15.7 Å². The molecule has 33 heavy (non-hydrogen) atoms. The van der Waals surface area contributed by atoms with Crippen molar-refractivity contribution in [3.8, 4) is 11.4 Å². The summed E-state index contributed by atoms with van der Waals surface area (Å²) in [6.45, 7) is 2.59. The van der Waals surface area contributed by atoms with Crippen LogP contribution in [0.4, 0.5) is 10.1 Å². The number of hydrogen-bond donors (Lipinski definition) is 3. The Hall–Kier alpha value is -2.85. The van der Waals surface area contributed by atoms with E-state index in [-0.39, 0.29) is 16.3 Å². The van der Waals surface area contributed by atoms with E-state index >= 15 is 0 Å². The van der Waals surface area contributed by atoms with Crippen LogP contribution in [0.1, 0.15) is 51.1 Å². The van der Waals surface area contributed by atoms with Crippen LogP contribution in [0.25, 0.3) is 11.4 Å². The third-order valence-corrected chi connectivity index (χ3v) is 7.43. The van der Waals surface area contributed by atoms with Gasteiger partial charge in [0.15, 0.2) is 5.82 Å². The highest BCUT2D eigenvalue weighted by Gasteiger charge is 2.21. The van der Waals surface area contributed by atoms with E-state index in [0.29, 0.717) is 24.0 Å². The Morgan fingerprint density at radius 2 is 2.00 bits per heavy atom. The molecule has 1 aliphatic carbocycles. The minimum Gasteiger partial charge on any atom is -0.309 e. The Bertz CT molecular complexity index is 1160. The van der Waals surface area contributed by atoms with Crippen LogP contribution in [0, 0.1) is 11.7 Å². The fraction of sp³-hybridized carbons (Fsp3) is 0.435. The Kier molecular flexibility index (Phi) is 7.34. The van der Waals surface area contributed by atoms with Gasteiger partial charge in [-0.25, -0.2) is 17.8 Å². The Morgan fingerprint density at radius 3 is 2.73 bits per heavy atom. The number of aromatic nitrogens is 4. The SMILES string of the molecule is CC(CC1CCCCC1)NCc1ncccc1NS(=O)(=O)c1ccc(-c2nc[nH]n2)c(F)c1. The highest BCUT2D eigenvalue weighted by atomic mass is 32.2. The van der Waals surface area contributed by atoms with Crippen LogP contribution in [0.2, 0.25) is 0 Å². The van der Waals surface area contributed by atoms with E-state index in [1.807, 2.05) is 0 Å². The minimum atomic E-state index is -4.01. The van der Waals surface area contributed by atoms with Gasteiger partial charge in [0, 0.05) is 18.8 Å². The second kappa shape index (κ2) is 10.4. The first kappa shape index (κ1) is 23.3. The molecule has 2 aromatic heterocycles. The zero-order valence-corrected chi connectivity index (χ0v) is 19.4. The molecule has 10 heteroatoms. The number of aromatic amines is 1. The number of nitrogens with zero attached hydrogens (tertiary/aromatic N) is 3. The number of anilines is 1. The number of halogens is 1. The Labute approximate surface area is 193 Å². The molecule has 2 heterocycles. The van der Waals surface area contributed by atoms with E-state index in [1.54, 1.807) is 18.3 Å². The van der Waals surface area contributed by atoms with Crippen LogP contribution >= 0.6 is 0 Å². The molecule has 0 bridgehead atoms. The topological polar surface area (TPSA) is 113 Å². The summed E-state index contributed by atoms with van der Waals surface area (Å²) in [7, 11) is -4.01. The Balaban J connectivity index is 1.43. The van der Waals surface area contributed by atoms with E-state index in [4.69, 9.17) is 0 Å². The number of benzene rings is 1. The van der Waals surface area contributed by atoms with Crippen LogP contribution in [0.5, 0.6) is 0 Å². The maximum absolute atomic E-state index is 14.6. The van der Waals surface area contributed by atoms with Crippen molar-refractivity contribution in [3.05, 3.63) is 54.4 Å². The van der Waals surface area contributed by atoms with Gasteiger partial charge in [-0.1, -0.05) is 32.1 Å². The van der Waals surface area contributed by atoms with Crippen molar-refractivity contribution in [3.63, 3.8) is 0 Å². The van der Waals surface area contributed by atoms with Crippen molar-refractivity contribution in [1.29, 1.82) is 0 Å². The predicted molar refractivity (Wildman–Crippen MR) is 124 cm³/mol. The molecule has 8 nitrogen and oxygen atoms in total. The van der Waals surface area contributed by atoms with Gasteiger partial charge in [0.1, 0.15) is 12.1 Å². The van der Waals surface area contributed by atoms with Gasteiger partial charge in [0.05, 0.1) is 21.8 Å². The summed E-state index contributed by atoms with van der Waals surface area (Å²) in [5.74, 6) is 0.187. The third-order valence-electron chi connectivity index (χ3n) is 6.07. The molecule has 1 fully saturated rings. The first-order valence-corrected chi connectivity index (χ1v) is 12.8. The van der Waals surface area contributed by atoms with E-state index < -0.39 is 15.8 Å². The van der Waals surface area contributed by atoms with Crippen LogP contribution in [-0.2, 0) is 16.6 Å². The fourth-order valence-corrected chi connectivity index (χ4v) is 5.43. The molecule has 0 spiro atoms. The van der Waals surface area contributed by atoms with Gasteiger partial charge in [-0.05, 0) is 49.6 Å². The van der Waals surface area contributed by atoms with Crippen LogP contribution in [0.3, 0.4) is 0 Å². The summed E-state index contributed by atoms with van der Waals surface area (Å²) >= 11 is 0. The van der Waals surface area contributed by atoms with Crippen LogP contribution in [-0.4, -0.2) is 34.6 Å². The molecule has 3 N–H and O–H groups in total. The zero-order chi connectivity index (χ0) is 23.3. The van der Waals surface area contributed by atoms with Gasteiger partial charge in [0.2, 0.25) is 0 Å². The van der Waals surface area contributed by atoms with Crippen molar-refractivity contribution in [2.45, 2.75) is 62.9 Å². The predicted octanol–water partition coefficient (Wildman–Crippen LogP) is 4.26. The molecule has 1 atom stereocenters. The molecule has 1 unspecified atom stereocenters. The quantitative estimate of drug-likeness (QED) is 0.429. The van der Waals surface area contributed by atoms with E-state index in [2.05, 4.69) is 37.1 Å². The molecular weight excluding hydrogens is 443 g/mol. The van der Waals surface area contributed by atoms with Crippen LogP contribution < -0.4 is 10.0 Å². The van der Waals surface area contributed by atoms with E-state index in [1.165, 1.54) is 50.6 Å². The molecule has 3 aromatic rings. The van der Waals surface area contributed by atoms with Gasteiger partial charge in [-0.15, -0.1) is 0 Å². The smallest absolute Gasteiger partial charge is 0.262 e. The number of hydrogen-bond acceptors (Lipinski definition) is 6. The maximum Gasteiger partial charge on any atom is 0.262 e. The molecule has 0 amide bonds. The summed E-state index contributed by atoms with van der Waals surface area (Å²) < 4.78 is 43.0. The number of sulfonamides is 1. The van der Waals surface area contributed by atoms with E-state index in [0.717, 1.165) is 18.4 Å². The van der Waals surface area contributed by atoms with Crippen molar-refractivity contribution < 1.29 is 12.8 Å². The second-order valence-corrected chi connectivity index (χ2v) is 10.3. The standard InChI is InChI=1S/C23H29FN6O2S/c1-16(12-17-6-3-2-4-7-17)26-14-22-21(8-5-11-25-22)30-33(31,32)18-9-10-19(20(24)13-18)23-27-15-28-29-23/h5,8-11,13,15-17,26,30H,2-4,6-7,12,14H2,1H3,(H,27,28,29). The van der Waals surface area contributed by atoms with Gasteiger partial charge in [-0.3, -0.25) is 14.8 Å². The highest BCUT2D eigenvalue weighted by Crippen LogP contribution is 2.28. The van der Waals surface area contributed by atoms with Crippen LogP contribution in [0.15, 0.2) is 47.8 Å². The molecule has 4 rings (SSSR count). The summed E-state index contributed by atoms with van der Waals surface area (Å²) in [5, 5.41) is 9.81. The summed E-state index contributed by atoms with van der Waals surface area (Å²) in [5.41, 5.74) is 1.08. The van der Waals surface area contributed by atoms with Crippen molar-refractivity contribution in [2.75, 3.05) is 4.72 Å². The zero-order valence-electron chi connectivity index (χ0n) is 18.6. The Morgan fingerprint density at radius 1 is 1.18 bits per heavy atom. The number of rotatable bonds is 9. The summed E-state index contributed by atoms with van der Waals surface area (Å²) in [4.78, 5) is 8.07. The van der Waals surface area contributed by atoms with Gasteiger partial charge in [0.25, 0.3) is 10.0 Å². The third kappa shape index (κ3) is 5.94. The summed E-state index contributed by atoms with van der Waals surface area (Å²) in [6, 6.07) is 7.28. The second-order valence-electron chi connectivity index (χ2n) is 8.59. The lowest BCUT2D eigenvalue weighted by Crippen LogP contribution is -2.29. The number of nitrogens with one attached hydrogen (secondary N) is 3. The monoisotopic (exact) mass is 472 g/mol. The average molecular weight is 473 g/mol. The minimum absolute atomic E-state index is 0.119. The normalized spacial score (nSPS) is 15.9. The highest BCUT2D eigenvalue weighted by molar-refractivity contribution is 7.92. The van der Waals surface area contributed by atoms with Gasteiger partial charge in [-0.2, -0.15) is 5.10 Å². The molecule has 176 valence electrons. The molecule has 1 aromatic carbocycles. The lowest BCUT2D eigenvalue weighted by molar-refractivity contribution is 0.304. The molecule has 0 saturated heterocycles. The van der Waals surface area contributed by atoms with Gasteiger partial charge >= 0.3 is 0 Å². The molecule has 0 radical (unpaired) electrons. The number of H-pyrrole nitrogens is 1. The lowest BCUT2D eigenvalue weighted by Gasteiger charge is -2.25. The van der Waals surface area contributed by atoms with E-state index in [9.17, 15) is 12.8 Å². The molecule has 0 aliphatic heterocycles. The van der Waals surface area contributed by atoms with Crippen molar-refractivity contribution in [1.82, 2.24) is 25.5 Å². The molecule has 1 saturated carbocycles. The maximum atomic E-state index is 14.6. The first-order valence-electron chi connectivity index (χ1n) is 11.3. The lowest BCUT2D eigenvalue weighted by atomic mass is 9.85. The average Bonchev–Trinajstić information content (AvgIpc) is 3.33. The largest absolute Gasteiger partial charge is 0.309 e. The molecular formula is C23H29FN6O2S. The fourth-order valence-electron chi connectivity index (χ4n) is 4.34. The summed E-state index contributed by atoms with van der Waals surface area (Å²) in [6.07, 6.45) is 10.6. The van der Waals surface area contributed by atoms with Crippen molar-refractivity contribution in [2.24, 2.45) is 5.92 Å². The van der Waals surface area contributed by atoms with Gasteiger partial charge < -0.3 is 5.32 Å². The first-order chi connectivity index (χ1) is 15.9. The molecule has 1 aliphatic rings. The number of pyridine rings is 1.